The predicted octanol–water partition coefficient (Wildman–Crippen LogP) is 3.90. The van der Waals surface area contributed by atoms with Crippen molar-refractivity contribution in [3.63, 3.8) is 0 Å². The molecular formula is C26H28ClN3O5S. The van der Waals surface area contributed by atoms with Crippen LogP contribution in [-0.4, -0.2) is 38.3 Å². The number of carbonyl (C=O) groups excluding carboxylic acids is 1. The second-order valence-electron chi connectivity index (χ2n) is 8.37. The van der Waals surface area contributed by atoms with Crippen LogP contribution < -0.4 is 24.5 Å². The van der Waals surface area contributed by atoms with E-state index in [0.29, 0.717) is 55.0 Å². The maximum atomic E-state index is 13.8. The van der Waals surface area contributed by atoms with E-state index in [-0.39, 0.29) is 12.2 Å². The number of esters is 1. The van der Waals surface area contributed by atoms with Crippen LogP contribution in [0.4, 0.5) is 5.88 Å². The van der Waals surface area contributed by atoms with Crippen LogP contribution in [0.1, 0.15) is 44.1 Å². The summed E-state index contributed by atoms with van der Waals surface area (Å²) in [7, 11) is 5.29. The van der Waals surface area contributed by atoms with Gasteiger partial charge in [-0.25, -0.2) is 9.79 Å². The average Bonchev–Trinajstić information content (AvgIpc) is 3.43. The minimum Gasteiger partial charge on any atom is -0.496 e. The van der Waals surface area contributed by atoms with Gasteiger partial charge in [0.25, 0.3) is 5.56 Å². The second kappa shape index (κ2) is 10.8. The molecule has 1 aliphatic rings. The van der Waals surface area contributed by atoms with Crippen molar-refractivity contribution in [2.75, 3.05) is 32.7 Å². The third-order valence-electron chi connectivity index (χ3n) is 5.71. The number of ether oxygens (including phenoxy) is 2. The molecule has 0 unspecified atom stereocenters. The monoisotopic (exact) mass is 529 g/mol. The molecule has 1 aliphatic heterocycles. The van der Waals surface area contributed by atoms with E-state index in [1.165, 1.54) is 23.0 Å². The van der Waals surface area contributed by atoms with Gasteiger partial charge < -0.3 is 18.8 Å². The van der Waals surface area contributed by atoms with Crippen LogP contribution in [0.5, 0.6) is 5.75 Å². The molecule has 0 bridgehead atoms. The van der Waals surface area contributed by atoms with Gasteiger partial charge in [-0.1, -0.05) is 36.3 Å². The van der Waals surface area contributed by atoms with E-state index >= 15 is 0 Å². The molecule has 0 fully saturated rings. The molecule has 0 radical (unpaired) electrons. The number of methoxy groups -OCH3 is 1. The molecule has 3 aromatic rings. The molecule has 4 rings (SSSR count). The highest BCUT2D eigenvalue weighted by Crippen LogP contribution is 2.38. The number of hydrogen-bond acceptors (Lipinski definition) is 8. The van der Waals surface area contributed by atoms with Crippen LogP contribution in [0, 0.1) is 0 Å². The Hall–Kier alpha value is -3.30. The van der Waals surface area contributed by atoms with E-state index < -0.39 is 12.0 Å². The molecule has 8 nitrogen and oxygen atoms in total. The molecule has 2 aromatic heterocycles. The minimum atomic E-state index is -0.813. The van der Waals surface area contributed by atoms with E-state index in [2.05, 4.69) is 0 Å². The quantitative estimate of drug-likeness (QED) is 0.411. The Bertz CT molecular complexity index is 1500. The zero-order valence-electron chi connectivity index (χ0n) is 20.8. The second-order valence-corrected chi connectivity index (χ2v) is 9.82. The number of allylic oxidation sites excluding steroid dienone is 1. The van der Waals surface area contributed by atoms with Crippen LogP contribution in [0.15, 0.2) is 55.8 Å². The number of halogens is 1. The van der Waals surface area contributed by atoms with Gasteiger partial charge in [0.1, 0.15) is 17.6 Å². The summed E-state index contributed by atoms with van der Waals surface area (Å²) in [4.78, 5) is 34.2. The summed E-state index contributed by atoms with van der Waals surface area (Å²) in [5.74, 6) is 1.19. The van der Waals surface area contributed by atoms with Crippen molar-refractivity contribution >= 4 is 40.9 Å². The normalized spacial score (nSPS) is 15.5. The van der Waals surface area contributed by atoms with Crippen molar-refractivity contribution in [2.24, 2.45) is 4.99 Å². The van der Waals surface area contributed by atoms with Crippen molar-refractivity contribution in [1.29, 1.82) is 0 Å². The summed E-state index contributed by atoms with van der Waals surface area (Å²) in [6.07, 6.45) is 3.00. The van der Waals surface area contributed by atoms with Gasteiger partial charge in [0.15, 0.2) is 10.7 Å². The molecule has 190 valence electrons. The van der Waals surface area contributed by atoms with E-state index in [1.807, 2.05) is 32.0 Å². The number of benzene rings is 1. The number of carbonyl (C=O) groups is 1. The van der Waals surface area contributed by atoms with Crippen LogP contribution in [0.2, 0.25) is 5.02 Å². The van der Waals surface area contributed by atoms with Gasteiger partial charge in [0.05, 0.1) is 29.5 Å². The fraction of sp³-hybridized carbons (Fsp3) is 0.346. The standard InChI is InChI=1S/C26H28ClN3O5S/c1-6-8-18-22(25(32)34-7-2)23(17-13-15(27)9-11-19(17)33-5)30-24(31)20(36-26(30)28-18)14-16-10-12-21(35-16)29(3)4/h9-14,23H,6-8H2,1-5H3/b20-14+/t23-/m0/s1. The largest absolute Gasteiger partial charge is 0.496 e. The Labute approximate surface area is 217 Å². The van der Waals surface area contributed by atoms with Gasteiger partial charge in [0, 0.05) is 36.8 Å². The van der Waals surface area contributed by atoms with Gasteiger partial charge in [-0.05, 0) is 37.6 Å². The summed E-state index contributed by atoms with van der Waals surface area (Å²) >= 11 is 7.61. The van der Waals surface area contributed by atoms with Crippen LogP contribution in [0.3, 0.4) is 0 Å². The van der Waals surface area contributed by atoms with Gasteiger partial charge in [-0.2, -0.15) is 0 Å². The first-order valence-corrected chi connectivity index (χ1v) is 12.8. The number of aromatic nitrogens is 1. The van der Waals surface area contributed by atoms with Crippen LogP contribution in [-0.2, 0) is 9.53 Å². The number of thiazole rings is 1. The molecule has 1 aromatic carbocycles. The average molecular weight is 530 g/mol. The van der Waals surface area contributed by atoms with Crippen molar-refractivity contribution < 1.29 is 18.7 Å². The smallest absolute Gasteiger partial charge is 0.338 e. The Morgan fingerprint density at radius 2 is 2.06 bits per heavy atom. The zero-order chi connectivity index (χ0) is 26.0. The van der Waals surface area contributed by atoms with Crippen molar-refractivity contribution in [3.8, 4) is 5.75 Å². The fourth-order valence-corrected chi connectivity index (χ4v) is 5.30. The highest BCUT2D eigenvalue weighted by molar-refractivity contribution is 7.07. The molecule has 0 aliphatic carbocycles. The fourth-order valence-electron chi connectivity index (χ4n) is 4.12. The Kier molecular flexibility index (Phi) is 7.70. The topological polar surface area (TPSA) is 86.3 Å². The van der Waals surface area contributed by atoms with Gasteiger partial charge in [-0.15, -0.1) is 0 Å². The number of anilines is 1. The lowest BCUT2D eigenvalue weighted by Crippen LogP contribution is -2.40. The van der Waals surface area contributed by atoms with E-state index in [4.69, 9.17) is 30.5 Å². The predicted molar refractivity (Wildman–Crippen MR) is 141 cm³/mol. The summed E-state index contributed by atoms with van der Waals surface area (Å²) in [6, 6.07) is 7.96. The van der Waals surface area contributed by atoms with Crippen molar-refractivity contribution in [2.45, 2.75) is 32.7 Å². The first-order valence-electron chi connectivity index (χ1n) is 11.6. The third kappa shape index (κ3) is 4.85. The van der Waals surface area contributed by atoms with Gasteiger partial charge >= 0.3 is 5.97 Å². The highest BCUT2D eigenvalue weighted by atomic mass is 35.5. The summed E-state index contributed by atoms with van der Waals surface area (Å²) in [6.45, 7) is 3.95. The lowest BCUT2D eigenvalue weighted by Gasteiger charge is -2.27. The molecule has 36 heavy (non-hydrogen) atoms. The molecular weight excluding hydrogens is 502 g/mol. The van der Waals surface area contributed by atoms with E-state index in [1.54, 1.807) is 37.3 Å². The SMILES string of the molecule is CCCC1=C(C(=O)OCC)[C@H](c2cc(Cl)ccc2OC)n2c(s/c(=C/c3ccc(N(C)C)o3)c2=O)=N1. The number of fused-ring (bicyclic) bond motifs is 1. The minimum absolute atomic E-state index is 0.193. The Morgan fingerprint density at radius 1 is 1.28 bits per heavy atom. The number of nitrogens with zero attached hydrogens (tertiary/aromatic N) is 3. The maximum Gasteiger partial charge on any atom is 0.338 e. The molecule has 3 heterocycles. The zero-order valence-corrected chi connectivity index (χ0v) is 22.4. The number of furan rings is 1. The van der Waals surface area contributed by atoms with Crippen molar-refractivity contribution in [1.82, 2.24) is 4.57 Å². The molecule has 0 saturated heterocycles. The summed E-state index contributed by atoms with van der Waals surface area (Å²) in [5.41, 5.74) is 1.18. The summed E-state index contributed by atoms with van der Waals surface area (Å²) < 4.78 is 18.8. The van der Waals surface area contributed by atoms with Crippen LogP contribution in [0.25, 0.3) is 6.08 Å². The molecule has 0 N–H and O–H groups in total. The first kappa shape index (κ1) is 25.8. The molecule has 10 heteroatoms. The lowest BCUT2D eigenvalue weighted by molar-refractivity contribution is -0.139. The number of rotatable bonds is 8. The molecule has 0 amide bonds. The molecule has 1 atom stereocenters. The van der Waals surface area contributed by atoms with Gasteiger partial charge in [-0.3, -0.25) is 9.36 Å². The van der Waals surface area contributed by atoms with Gasteiger partial charge in [0.2, 0.25) is 0 Å². The number of hydrogen-bond donors (Lipinski definition) is 0. The first-order chi connectivity index (χ1) is 17.3. The maximum absolute atomic E-state index is 13.8. The summed E-state index contributed by atoms with van der Waals surface area (Å²) in [5, 5.41) is 0.456. The van der Waals surface area contributed by atoms with E-state index in [9.17, 15) is 9.59 Å². The Morgan fingerprint density at radius 3 is 2.69 bits per heavy atom. The van der Waals surface area contributed by atoms with Crippen molar-refractivity contribution in [3.05, 3.63) is 77.6 Å². The molecule has 0 spiro atoms. The third-order valence-corrected chi connectivity index (χ3v) is 6.92. The van der Waals surface area contributed by atoms with Crippen LogP contribution >= 0.6 is 22.9 Å². The lowest BCUT2D eigenvalue weighted by atomic mass is 9.93. The highest BCUT2D eigenvalue weighted by Gasteiger charge is 2.36. The van der Waals surface area contributed by atoms with E-state index in [0.717, 1.165) is 6.42 Å². The Balaban J connectivity index is 2.02. The molecule has 0 saturated carbocycles.